The highest BCUT2D eigenvalue weighted by molar-refractivity contribution is 5.96. The number of amides is 1. The van der Waals surface area contributed by atoms with Gasteiger partial charge in [0, 0.05) is 6.20 Å². The van der Waals surface area contributed by atoms with E-state index in [2.05, 4.69) is 9.72 Å². The minimum atomic E-state index is -5.01. The van der Waals surface area contributed by atoms with Gasteiger partial charge in [-0.2, -0.15) is 13.2 Å². The fourth-order valence-corrected chi connectivity index (χ4v) is 0.931. The Morgan fingerprint density at radius 2 is 2.06 bits per heavy atom. The molecule has 1 amide bonds. The van der Waals surface area contributed by atoms with Crippen LogP contribution >= 0.6 is 0 Å². The number of aromatic nitrogens is 1. The number of nitrogens with zero attached hydrogens (tertiary/aromatic N) is 1. The van der Waals surface area contributed by atoms with Gasteiger partial charge >= 0.3 is 18.1 Å². The summed E-state index contributed by atoms with van der Waals surface area (Å²) in [5, 5.41) is 1.52. The molecule has 92 valence electrons. The number of carbonyl (C=O) groups is 2. The Hall–Kier alpha value is -2.12. The highest BCUT2D eigenvalue weighted by atomic mass is 19.4. The molecule has 1 heterocycles. The maximum Gasteiger partial charge on any atom is 0.471 e. The fourth-order valence-electron chi connectivity index (χ4n) is 0.931. The third-order valence-electron chi connectivity index (χ3n) is 1.68. The van der Waals surface area contributed by atoms with Crippen molar-refractivity contribution in [1.82, 2.24) is 4.98 Å². The van der Waals surface area contributed by atoms with E-state index in [1.165, 1.54) is 11.4 Å². The van der Waals surface area contributed by atoms with Gasteiger partial charge in [0.15, 0.2) is 0 Å². The second-order valence-electron chi connectivity index (χ2n) is 2.87. The number of hydrogen-bond donors (Lipinski definition) is 1. The molecule has 0 fully saturated rings. The van der Waals surface area contributed by atoms with Gasteiger partial charge in [0.25, 0.3) is 0 Å². The van der Waals surface area contributed by atoms with Crippen molar-refractivity contribution in [2.45, 2.75) is 6.18 Å². The molecule has 0 saturated heterocycles. The normalized spacial score (nSPS) is 10.8. The van der Waals surface area contributed by atoms with Crippen LogP contribution in [0.15, 0.2) is 18.3 Å². The van der Waals surface area contributed by atoms with Gasteiger partial charge in [0.05, 0.1) is 12.7 Å². The van der Waals surface area contributed by atoms with Crippen molar-refractivity contribution in [3.8, 4) is 0 Å². The maximum atomic E-state index is 11.9. The summed E-state index contributed by atoms with van der Waals surface area (Å²) in [7, 11) is 1.12. The summed E-state index contributed by atoms with van der Waals surface area (Å²) < 4.78 is 40.1. The molecule has 1 aromatic heterocycles. The van der Waals surface area contributed by atoms with Gasteiger partial charge in [-0.3, -0.25) is 4.79 Å². The number of anilines is 1. The molecule has 17 heavy (non-hydrogen) atoms. The highest BCUT2D eigenvalue weighted by Crippen LogP contribution is 2.17. The molecule has 0 aliphatic heterocycles. The van der Waals surface area contributed by atoms with Crippen molar-refractivity contribution < 1.29 is 27.5 Å². The van der Waals surface area contributed by atoms with E-state index in [0.717, 1.165) is 19.4 Å². The third kappa shape index (κ3) is 3.44. The first-order valence-electron chi connectivity index (χ1n) is 4.27. The molecular weight excluding hydrogens is 241 g/mol. The summed E-state index contributed by atoms with van der Waals surface area (Å²) in [6, 6.07) is 2.23. The summed E-state index contributed by atoms with van der Waals surface area (Å²) >= 11 is 0. The van der Waals surface area contributed by atoms with Crippen LogP contribution in [0, 0.1) is 0 Å². The number of pyridine rings is 1. The molecule has 0 spiro atoms. The molecule has 1 aromatic rings. The van der Waals surface area contributed by atoms with Crippen molar-refractivity contribution >= 4 is 17.7 Å². The van der Waals surface area contributed by atoms with Crippen LogP contribution < -0.4 is 5.32 Å². The Bertz CT molecular complexity index is 445. The van der Waals surface area contributed by atoms with Crippen LogP contribution in [-0.2, 0) is 9.53 Å². The van der Waals surface area contributed by atoms with Crippen molar-refractivity contribution in [2.75, 3.05) is 12.4 Å². The van der Waals surface area contributed by atoms with E-state index in [1.807, 2.05) is 0 Å². The van der Waals surface area contributed by atoms with Crippen LogP contribution in [0.25, 0.3) is 0 Å². The topological polar surface area (TPSA) is 68.3 Å². The first-order chi connectivity index (χ1) is 7.84. The number of alkyl halides is 3. The second kappa shape index (κ2) is 4.81. The minimum Gasteiger partial charge on any atom is -0.465 e. The predicted molar refractivity (Wildman–Crippen MR) is 50.3 cm³/mol. The van der Waals surface area contributed by atoms with Crippen molar-refractivity contribution in [3.63, 3.8) is 0 Å². The largest absolute Gasteiger partial charge is 0.471 e. The van der Waals surface area contributed by atoms with Crippen LogP contribution in [0.2, 0.25) is 0 Å². The second-order valence-corrected chi connectivity index (χ2v) is 2.87. The Labute approximate surface area is 93.6 Å². The predicted octanol–water partition coefficient (Wildman–Crippen LogP) is 1.37. The number of rotatable bonds is 2. The molecule has 0 radical (unpaired) electrons. The average Bonchev–Trinajstić information content (AvgIpc) is 2.27. The lowest BCUT2D eigenvalue weighted by Crippen LogP contribution is -2.30. The number of nitrogens with one attached hydrogen (secondary N) is 1. The summed E-state index contributed by atoms with van der Waals surface area (Å²) in [6.07, 6.45) is -3.93. The van der Waals surface area contributed by atoms with Gasteiger partial charge < -0.3 is 10.1 Å². The number of methoxy groups -OCH3 is 1. The SMILES string of the molecule is COC(=O)c1ccnc(NC(=O)C(F)(F)F)c1. The van der Waals surface area contributed by atoms with Crippen LogP contribution in [0.4, 0.5) is 19.0 Å². The Balaban J connectivity index is 2.87. The van der Waals surface area contributed by atoms with Gasteiger partial charge in [-0.15, -0.1) is 0 Å². The summed E-state index contributed by atoms with van der Waals surface area (Å²) in [5.74, 6) is -3.28. The lowest BCUT2D eigenvalue weighted by Gasteiger charge is -2.07. The molecular formula is C9H7F3N2O3. The molecule has 0 bridgehead atoms. The zero-order valence-corrected chi connectivity index (χ0v) is 8.54. The van der Waals surface area contributed by atoms with Gasteiger partial charge in [-0.05, 0) is 12.1 Å². The number of halogens is 3. The number of ether oxygens (including phenoxy) is 1. The molecule has 0 aliphatic rings. The standard InChI is InChI=1S/C9H7F3N2O3/c1-17-7(15)5-2-3-13-6(4-5)14-8(16)9(10,11)12/h2-4H,1H3,(H,13,14,16). The molecule has 5 nitrogen and oxygen atoms in total. The molecule has 1 rings (SSSR count). The number of esters is 1. The van der Waals surface area contributed by atoms with E-state index < -0.39 is 18.1 Å². The monoisotopic (exact) mass is 248 g/mol. The first-order valence-corrected chi connectivity index (χ1v) is 4.27. The van der Waals surface area contributed by atoms with Crippen molar-refractivity contribution in [1.29, 1.82) is 0 Å². The Morgan fingerprint density at radius 1 is 1.41 bits per heavy atom. The van der Waals surface area contributed by atoms with E-state index in [0.29, 0.717) is 0 Å². The van der Waals surface area contributed by atoms with Crippen LogP contribution in [0.3, 0.4) is 0 Å². The van der Waals surface area contributed by atoms with E-state index in [-0.39, 0.29) is 11.4 Å². The summed E-state index contributed by atoms with van der Waals surface area (Å²) in [6.45, 7) is 0. The third-order valence-corrected chi connectivity index (χ3v) is 1.68. The molecule has 0 saturated carbocycles. The molecule has 0 atom stereocenters. The number of carbonyl (C=O) groups excluding carboxylic acids is 2. The van der Waals surface area contributed by atoms with Crippen LogP contribution in [0.5, 0.6) is 0 Å². The van der Waals surface area contributed by atoms with E-state index in [1.54, 1.807) is 0 Å². The molecule has 0 aliphatic carbocycles. The van der Waals surface area contributed by atoms with E-state index >= 15 is 0 Å². The zero-order valence-electron chi connectivity index (χ0n) is 8.54. The maximum absolute atomic E-state index is 11.9. The zero-order chi connectivity index (χ0) is 13.1. The van der Waals surface area contributed by atoms with Crippen LogP contribution in [-0.4, -0.2) is 30.1 Å². The quantitative estimate of drug-likeness (QED) is 0.802. The van der Waals surface area contributed by atoms with Crippen molar-refractivity contribution in [3.05, 3.63) is 23.9 Å². The highest BCUT2D eigenvalue weighted by Gasteiger charge is 2.38. The molecule has 0 aromatic carbocycles. The summed E-state index contributed by atoms with van der Waals surface area (Å²) in [5.41, 5.74) is -0.0139. The lowest BCUT2D eigenvalue weighted by atomic mass is 10.2. The van der Waals surface area contributed by atoms with Gasteiger partial charge in [-0.25, -0.2) is 9.78 Å². The van der Waals surface area contributed by atoms with Gasteiger partial charge in [0.2, 0.25) is 0 Å². The first kappa shape index (κ1) is 12.9. The minimum absolute atomic E-state index is 0.0139. The van der Waals surface area contributed by atoms with Gasteiger partial charge in [0.1, 0.15) is 5.82 Å². The lowest BCUT2D eigenvalue weighted by molar-refractivity contribution is -0.167. The molecule has 8 heteroatoms. The smallest absolute Gasteiger partial charge is 0.465 e. The fraction of sp³-hybridized carbons (Fsp3) is 0.222. The van der Waals surface area contributed by atoms with Gasteiger partial charge in [-0.1, -0.05) is 0 Å². The summed E-state index contributed by atoms with van der Waals surface area (Å²) in [4.78, 5) is 25.1. The Morgan fingerprint density at radius 3 is 2.59 bits per heavy atom. The molecule has 1 N–H and O–H groups in total. The van der Waals surface area contributed by atoms with E-state index in [4.69, 9.17) is 0 Å². The average molecular weight is 248 g/mol. The van der Waals surface area contributed by atoms with Crippen LogP contribution in [0.1, 0.15) is 10.4 Å². The number of hydrogen-bond acceptors (Lipinski definition) is 4. The van der Waals surface area contributed by atoms with Crippen molar-refractivity contribution in [2.24, 2.45) is 0 Å². The van der Waals surface area contributed by atoms with E-state index in [9.17, 15) is 22.8 Å². The molecule has 0 unspecified atom stereocenters. The Kier molecular flexibility index (Phi) is 3.66.